The molecule has 0 heterocycles. The van der Waals surface area contributed by atoms with Crippen LogP contribution in [-0.4, -0.2) is 25.1 Å². The van der Waals surface area contributed by atoms with Gasteiger partial charge in [0.2, 0.25) is 5.91 Å². The fraction of sp³-hybridized carbons (Fsp3) is 0.0870. The molecule has 146 valence electrons. The quantitative estimate of drug-likeness (QED) is 0.288. The molecule has 0 aliphatic heterocycles. The average molecular weight is 390 g/mol. The lowest BCUT2D eigenvalue weighted by atomic mass is 9.89. The van der Waals surface area contributed by atoms with E-state index in [4.69, 9.17) is 0 Å². The van der Waals surface area contributed by atoms with Gasteiger partial charge < -0.3 is 10.2 Å². The lowest BCUT2D eigenvalue weighted by molar-refractivity contribution is -0.120. The predicted octanol–water partition coefficient (Wildman–Crippen LogP) is 3.89. The maximum Gasteiger partial charge on any atom is 0.237 e. The van der Waals surface area contributed by atoms with Gasteiger partial charge in [-0.2, -0.15) is 0 Å². The second-order valence-electron chi connectivity index (χ2n) is 6.23. The summed E-state index contributed by atoms with van der Waals surface area (Å²) in [5.41, 5.74) is 2.37. The van der Waals surface area contributed by atoms with Crippen molar-refractivity contribution in [2.75, 3.05) is 7.11 Å². The molecule has 0 fully saturated rings. The smallest absolute Gasteiger partial charge is 0.237 e. The highest BCUT2D eigenvalue weighted by molar-refractivity contribution is 6.09. The normalized spacial score (nSPS) is 11.8. The van der Waals surface area contributed by atoms with Crippen molar-refractivity contribution in [3.8, 4) is 0 Å². The Balaban J connectivity index is 1.91. The molecule has 1 amide bonds. The van der Waals surface area contributed by atoms with Crippen LogP contribution in [0.3, 0.4) is 0 Å². The van der Waals surface area contributed by atoms with Crippen molar-refractivity contribution in [3.05, 3.63) is 107 Å². The van der Waals surface area contributed by atoms with Gasteiger partial charge in [-0.3, -0.25) is 9.59 Å². The van der Waals surface area contributed by atoms with Gasteiger partial charge in [-0.05, 0) is 23.3 Å². The molecule has 0 saturated heterocycles. The van der Waals surface area contributed by atoms with Gasteiger partial charge in [0.25, 0.3) is 0 Å². The van der Waals surface area contributed by atoms with Gasteiger partial charge in [-0.15, -0.1) is 0 Å². The van der Waals surface area contributed by atoms with Gasteiger partial charge in [-0.1, -0.05) is 71.9 Å². The molecule has 0 radical (unpaired) electrons. The van der Waals surface area contributed by atoms with Crippen molar-refractivity contribution in [1.82, 2.24) is 5.32 Å². The first-order valence-electron chi connectivity index (χ1n) is 8.90. The molecular formula is C23H19FN2O3. The number of halogens is 1. The Morgan fingerprint density at radius 1 is 0.897 bits per heavy atom. The minimum absolute atomic E-state index is 0.104. The SMILES string of the molecule is CO/N=C/NC(=O)[C@H](c1ccc(F)cc1)c1ccc(C(=O)c2ccccc2)cc1. The predicted molar refractivity (Wildman–Crippen MR) is 108 cm³/mol. The number of benzene rings is 3. The number of hydrogen-bond donors (Lipinski definition) is 1. The van der Waals surface area contributed by atoms with Crippen LogP contribution in [0.5, 0.6) is 0 Å². The first-order valence-corrected chi connectivity index (χ1v) is 8.90. The van der Waals surface area contributed by atoms with E-state index < -0.39 is 11.7 Å². The van der Waals surface area contributed by atoms with E-state index in [1.807, 2.05) is 6.07 Å². The van der Waals surface area contributed by atoms with Crippen molar-refractivity contribution in [3.63, 3.8) is 0 Å². The summed E-state index contributed by atoms with van der Waals surface area (Å²) in [7, 11) is 1.36. The molecule has 0 aromatic heterocycles. The number of carbonyl (C=O) groups is 2. The van der Waals surface area contributed by atoms with E-state index in [2.05, 4.69) is 15.3 Å². The standard InChI is InChI=1S/C23H19FN2O3/c1-29-26-15-25-23(28)21(17-11-13-20(24)14-12-17)16-7-9-19(10-8-16)22(27)18-5-3-2-4-6-18/h2-15,21H,1H3,(H,25,26,28)/t21-/m0/s1. The molecule has 1 N–H and O–H groups in total. The molecule has 0 spiro atoms. The van der Waals surface area contributed by atoms with Crippen LogP contribution in [-0.2, 0) is 9.63 Å². The second-order valence-corrected chi connectivity index (χ2v) is 6.23. The van der Waals surface area contributed by atoms with Gasteiger partial charge >= 0.3 is 0 Å². The minimum Gasteiger partial charge on any atom is -0.398 e. The maximum absolute atomic E-state index is 13.3. The van der Waals surface area contributed by atoms with Crippen molar-refractivity contribution in [2.24, 2.45) is 5.16 Å². The lowest BCUT2D eigenvalue weighted by Crippen LogP contribution is -2.29. The molecule has 29 heavy (non-hydrogen) atoms. The summed E-state index contributed by atoms with van der Waals surface area (Å²) in [5.74, 6) is -1.57. The van der Waals surface area contributed by atoms with Crippen LogP contribution < -0.4 is 5.32 Å². The fourth-order valence-electron chi connectivity index (χ4n) is 2.96. The number of nitrogens with zero attached hydrogens (tertiary/aromatic N) is 1. The van der Waals surface area contributed by atoms with Gasteiger partial charge in [0, 0.05) is 11.1 Å². The van der Waals surface area contributed by atoms with Crippen molar-refractivity contribution in [1.29, 1.82) is 0 Å². The highest BCUT2D eigenvalue weighted by Gasteiger charge is 2.23. The van der Waals surface area contributed by atoms with Crippen LogP contribution in [0.25, 0.3) is 0 Å². The first kappa shape index (κ1) is 19.9. The van der Waals surface area contributed by atoms with Crippen LogP contribution in [0.4, 0.5) is 4.39 Å². The summed E-state index contributed by atoms with van der Waals surface area (Å²) in [5, 5.41) is 6.05. The van der Waals surface area contributed by atoms with E-state index in [9.17, 15) is 14.0 Å². The average Bonchev–Trinajstić information content (AvgIpc) is 2.76. The van der Waals surface area contributed by atoms with Crippen LogP contribution in [0.2, 0.25) is 0 Å². The molecule has 0 saturated carbocycles. The Hall–Kier alpha value is -3.80. The summed E-state index contributed by atoms with van der Waals surface area (Å²) in [6.07, 6.45) is 1.14. The van der Waals surface area contributed by atoms with Crippen LogP contribution in [0, 0.1) is 5.82 Å². The summed E-state index contributed by atoms with van der Waals surface area (Å²) < 4.78 is 13.3. The molecular weight excluding hydrogens is 371 g/mol. The van der Waals surface area contributed by atoms with Crippen molar-refractivity contribution in [2.45, 2.75) is 5.92 Å². The van der Waals surface area contributed by atoms with E-state index in [1.54, 1.807) is 60.7 Å². The number of nitrogens with one attached hydrogen (secondary N) is 1. The molecule has 0 aliphatic rings. The van der Waals surface area contributed by atoms with Crippen LogP contribution in [0.15, 0.2) is 84.0 Å². The number of ketones is 1. The number of hydrogen-bond acceptors (Lipinski definition) is 4. The first-order chi connectivity index (χ1) is 14.1. The summed E-state index contributed by atoms with van der Waals surface area (Å²) in [6, 6.07) is 21.4. The molecule has 6 heteroatoms. The minimum atomic E-state index is -0.709. The highest BCUT2D eigenvalue weighted by atomic mass is 19.1. The van der Waals surface area contributed by atoms with Gasteiger partial charge in [0.15, 0.2) is 5.78 Å². The Bertz CT molecular complexity index is 1000. The van der Waals surface area contributed by atoms with E-state index in [0.717, 1.165) is 6.34 Å². The zero-order valence-corrected chi connectivity index (χ0v) is 15.7. The topological polar surface area (TPSA) is 67.8 Å². The molecule has 3 aromatic rings. The van der Waals surface area contributed by atoms with E-state index in [-0.39, 0.29) is 11.7 Å². The van der Waals surface area contributed by atoms with Crippen molar-refractivity contribution < 1.29 is 18.8 Å². The molecule has 3 aromatic carbocycles. The largest absolute Gasteiger partial charge is 0.398 e. The Morgan fingerprint density at radius 2 is 1.45 bits per heavy atom. The Labute approximate surface area is 167 Å². The van der Waals surface area contributed by atoms with Gasteiger partial charge in [-0.25, -0.2) is 4.39 Å². The van der Waals surface area contributed by atoms with Crippen molar-refractivity contribution >= 4 is 18.0 Å². The summed E-state index contributed by atoms with van der Waals surface area (Å²) >= 11 is 0. The van der Waals surface area contributed by atoms with Crippen LogP contribution >= 0.6 is 0 Å². The monoisotopic (exact) mass is 390 g/mol. The van der Waals surface area contributed by atoms with E-state index in [0.29, 0.717) is 22.3 Å². The number of oxime groups is 1. The Morgan fingerprint density at radius 3 is 2.03 bits per heavy atom. The number of amides is 1. The molecule has 3 rings (SSSR count). The summed E-state index contributed by atoms with van der Waals surface area (Å²) in [4.78, 5) is 29.9. The van der Waals surface area contributed by atoms with E-state index >= 15 is 0 Å². The molecule has 0 bridgehead atoms. The molecule has 0 unspecified atom stereocenters. The number of rotatable bonds is 7. The van der Waals surface area contributed by atoms with Gasteiger partial charge in [0.05, 0.1) is 5.92 Å². The third kappa shape index (κ3) is 4.93. The molecule has 5 nitrogen and oxygen atoms in total. The fourth-order valence-corrected chi connectivity index (χ4v) is 2.96. The van der Waals surface area contributed by atoms with Gasteiger partial charge in [0.1, 0.15) is 19.3 Å². The summed E-state index contributed by atoms with van der Waals surface area (Å²) in [6.45, 7) is 0. The third-order valence-electron chi connectivity index (χ3n) is 4.37. The van der Waals surface area contributed by atoms with E-state index in [1.165, 1.54) is 19.2 Å². The lowest BCUT2D eigenvalue weighted by Gasteiger charge is -2.17. The Kier molecular flexibility index (Phi) is 6.47. The highest BCUT2D eigenvalue weighted by Crippen LogP contribution is 2.26. The number of carbonyl (C=O) groups excluding carboxylic acids is 2. The zero-order chi connectivity index (χ0) is 20.6. The van der Waals surface area contributed by atoms with Crippen LogP contribution in [0.1, 0.15) is 33.0 Å². The third-order valence-corrected chi connectivity index (χ3v) is 4.37. The zero-order valence-electron chi connectivity index (χ0n) is 15.7. The molecule has 1 atom stereocenters. The molecule has 0 aliphatic carbocycles. The second kappa shape index (κ2) is 9.41. The maximum atomic E-state index is 13.3.